The summed E-state index contributed by atoms with van der Waals surface area (Å²) in [5.74, 6) is -0.409. The van der Waals surface area contributed by atoms with Gasteiger partial charge in [0.15, 0.2) is 0 Å². The summed E-state index contributed by atoms with van der Waals surface area (Å²) >= 11 is 0. The lowest BCUT2D eigenvalue weighted by Gasteiger charge is -2.26. The molecule has 0 aliphatic heterocycles. The Morgan fingerprint density at radius 3 is 2.41 bits per heavy atom. The van der Waals surface area contributed by atoms with E-state index in [1.807, 2.05) is 6.92 Å². The van der Waals surface area contributed by atoms with E-state index >= 15 is 0 Å². The van der Waals surface area contributed by atoms with Gasteiger partial charge in [-0.2, -0.15) is 0 Å². The van der Waals surface area contributed by atoms with Gasteiger partial charge in [-0.25, -0.2) is 0 Å². The molecular weight excluding hydrogens is 220 g/mol. The number of rotatable bonds is 5. The van der Waals surface area contributed by atoms with Crippen LogP contribution in [-0.2, 0) is 9.59 Å². The Morgan fingerprint density at radius 1 is 1.29 bits per heavy atom. The lowest BCUT2D eigenvalue weighted by Crippen LogP contribution is -2.39. The summed E-state index contributed by atoms with van der Waals surface area (Å²) in [5, 5.41) is 12.3. The van der Waals surface area contributed by atoms with Crippen molar-refractivity contribution in [3.8, 4) is 0 Å². The Labute approximate surface area is 102 Å². The SMILES string of the molecule is C[C@H](CC(N)=O)CC(=O)NC1CCC(O)CC1. The number of hydrogen-bond acceptors (Lipinski definition) is 3. The van der Waals surface area contributed by atoms with Gasteiger partial charge in [0.1, 0.15) is 0 Å². The largest absolute Gasteiger partial charge is 0.393 e. The Balaban J connectivity index is 2.22. The van der Waals surface area contributed by atoms with Crippen LogP contribution in [0.4, 0.5) is 0 Å². The number of hydrogen-bond donors (Lipinski definition) is 3. The van der Waals surface area contributed by atoms with Crippen LogP contribution >= 0.6 is 0 Å². The molecule has 0 aromatic heterocycles. The van der Waals surface area contributed by atoms with Crippen molar-refractivity contribution >= 4 is 11.8 Å². The number of nitrogens with two attached hydrogens (primary N) is 1. The van der Waals surface area contributed by atoms with Gasteiger partial charge < -0.3 is 16.2 Å². The minimum absolute atomic E-state index is 0.0123. The van der Waals surface area contributed by atoms with Gasteiger partial charge in [-0.1, -0.05) is 6.92 Å². The van der Waals surface area contributed by atoms with Gasteiger partial charge in [0, 0.05) is 18.9 Å². The predicted molar refractivity (Wildman–Crippen MR) is 64.0 cm³/mol. The molecule has 0 radical (unpaired) electrons. The lowest BCUT2D eigenvalue weighted by atomic mass is 9.92. The Kier molecular flexibility index (Phi) is 5.41. The van der Waals surface area contributed by atoms with Crippen LogP contribution in [0.3, 0.4) is 0 Å². The Hall–Kier alpha value is -1.10. The van der Waals surface area contributed by atoms with Crippen LogP contribution in [0.2, 0.25) is 0 Å². The summed E-state index contributed by atoms with van der Waals surface area (Å²) in [5.41, 5.74) is 5.07. The van der Waals surface area contributed by atoms with Crippen molar-refractivity contribution in [2.75, 3.05) is 0 Å². The highest BCUT2D eigenvalue weighted by atomic mass is 16.3. The fraction of sp³-hybridized carbons (Fsp3) is 0.833. The molecule has 0 aromatic carbocycles. The first-order valence-corrected chi connectivity index (χ1v) is 6.23. The standard InChI is InChI=1S/C12H22N2O3/c1-8(6-11(13)16)7-12(17)14-9-2-4-10(15)5-3-9/h8-10,15H,2-7H2,1H3,(H2,13,16)(H,14,17)/t8-,9?,10?/m1/s1. The molecule has 0 aromatic rings. The van der Waals surface area contributed by atoms with Gasteiger partial charge in [0.25, 0.3) is 0 Å². The van der Waals surface area contributed by atoms with E-state index in [0.717, 1.165) is 25.7 Å². The first-order valence-electron chi connectivity index (χ1n) is 6.23. The normalized spacial score (nSPS) is 26.2. The summed E-state index contributed by atoms with van der Waals surface area (Å²) in [7, 11) is 0. The summed E-state index contributed by atoms with van der Waals surface area (Å²) in [6, 6.07) is 0.173. The van der Waals surface area contributed by atoms with Crippen LogP contribution in [0.1, 0.15) is 45.4 Å². The van der Waals surface area contributed by atoms with Crippen LogP contribution in [0.5, 0.6) is 0 Å². The van der Waals surface area contributed by atoms with Crippen molar-refractivity contribution in [2.24, 2.45) is 11.7 Å². The van der Waals surface area contributed by atoms with Crippen molar-refractivity contribution in [2.45, 2.75) is 57.6 Å². The molecule has 98 valence electrons. The van der Waals surface area contributed by atoms with Crippen molar-refractivity contribution < 1.29 is 14.7 Å². The number of amides is 2. The van der Waals surface area contributed by atoms with Crippen molar-refractivity contribution in [3.05, 3.63) is 0 Å². The summed E-state index contributed by atoms with van der Waals surface area (Å²) in [6.07, 6.45) is 3.54. The molecule has 1 aliphatic carbocycles. The van der Waals surface area contributed by atoms with Crippen LogP contribution in [0.25, 0.3) is 0 Å². The monoisotopic (exact) mass is 242 g/mol. The third-order valence-electron chi connectivity index (χ3n) is 3.15. The molecule has 1 aliphatic rings. The van der Waals surface area contributed by atoms with Crippen LogP contribution in [0, 0.1) is 5.92 Å². The third-order valence-corrected chi connectivity index (χ3v) is 3.15. The second-order valence-corrected chi connectivity index (χ2v) is 5.05. The van der Waals surface area contributed by atoms with Gasteiger partial charge in [-0.3, -0.25) is 9.59 Å². The van der Waals surface area contributed by atoms with Gasteiger partial charge >= 0.3 is 0 Å². The zero-order valence-corrected chi connectivity index (χ0v) is 10.3. The highest BCUT2D eigenvalue weighted by Crippen LogP contribution is 2.18. The molecule has 0 heterocycles. The molecule has 17 heavy (non-hydrogen) atoms. The van der Waals surface area contributed by atoms with E-state index in [-0.39, 0.29) is 36.3 Å². The molecule has 4 N–H and O–H groups in total. The van der Waals surface area contributed by atoms with Gasteiger partial charge in [0.05, 0.1) is 6.10 Å². The fourth-order valence-electron chi connectivity index (χ4n) is 2.24. The van der Waals surface area contributed by atoms with Crippen molar-refractivity contribution in [1.29, 1.82) is 0 Å². The number of nitrogens with one attached hydrogen (secondary N) is 1. The maximum absolute atomic E-state index is 11.7. The zero-order chi connectivity index (χ0) is 12.8. The molecule has 1 fully saturated rings. The first kappa shape index (κ1) is 14.0. The van der Waals surface area contributed by atoms with Gasteiger partial charge in [0.2, 0.25) is 11.8 Å². The molecule has 5 nitrogen and oxygen atoms in total. The number of carbonyl (C=O) groups excluding carboxylic acids is 2. The lowest BCUT2D eigenvalue weighted by molar-refractivity contribution is -0.123. The second kappa shape index (κ2) is 6.59. The van der Waals surface area contributed by atoms with E-state index in [2.05, 4.69) is 5.32 Å². The molecule has 2 amide bonds. The number of carbonyl (C=O) groups is 2. The number of primary amides is 1. The van der Waals surface area contributed by atoms with E-state index in [1.165, 1.54) is 0 Å². The molecular formula is C12H22N2O3. The highest BCUT2D eigenvalue weighted by molar-refractivity contribution is 5.78. The molecule has 5 heteroatoms. The molecule has 0 unspecified atom stereocenters. The van der Waals surface area contributed by atoms with E-state index in [9.17, 15) is 14.7 Å². The van der Waals surface area contributed by atoms with Crippen LogP contribution in [-0.4, -0.2) is 29.1 Å². The minimum Gasteiger partial charge on any atom is -0.393 e. The molecule has 1 rings (SSSR count). The van der Waals surface area contributed by atoms with Crippen molar-refractivity contribution in [1.82, 2.24) is 5.32 Å². The molecule has 0 spiro atoms. The van der Waals surface area contributed by atoms with Crippen LogP contribution < -0.4 is 11.1 Å². The third kappa shape index (κ3) is 5.68. The first-order chi connectivity index (χ1) is 7.97. The molecule has 1 atom stereocenters. The summed E-state index contributed by atoms with van der Waals surface area (Å²) < 4.78 is 0. The fourth-order valence-corrected chi connectivity index (χ4v) is 2.24. The molecule has 0 saturated heterocycles. The predicted octanol–water partition coefficient (Wildman–Crippen LogP) is 0.308. The summed E-state index contributed by atoms with van der Waals surface area (Å²) in [6.45, 7) is 1.84. The molecule has 1 saturated carbocycles. The smallest absolute Gasteiger partial charge is 0.220 e. The zero-order valence-electron chi connectivity index (χ0n) is 10.3. The highest BCUT2D eigenvalue weighted by Gasteiger charge is 2.21. The second-order valence-electron chi connectivity index (χ2n) is 5.05. The number of aliphatic hydroxyl groups excluding tert-OH is 1. The average molecular weight is 242 g/mol. The Bertz CT molecular complexity index is 273. The molecule has 0 bridgehead atoms. The van der Waals surface area contributed by atoms with E-state index in [1.54, 1.807) is 0 Å². The minimum atomic E-state index is -0.369. The van der Waals surface area contributed by atoms with E-state index in [0.29, 0.717) is 6.42 Å². The Morgan fingerprint density at radius 2 is 1.88 bits per heavy atom. The number of aliphatic hydroxyl groups is 1. The maximum Gasteiger partial charge on any atom is 0.220 e. The summed E-state index contributed by atoms with van der Waals surface area (Å²) in [4.78, 5) is 22.3. The van der Waals surface area contributed by atoms with Gasteiger partial charge in [-0.15, -0.1) is 0 Å². The average Bonchev–Trinajstić information content (AvgIpc) is 2.19. The van der Waals surface area contributed by atoms with E-state index in [4.69, 9.17) is 5.73 Å². The topological polar surface area (TPSA) is 92.4 Å². The van der Waals surface area contributed by atoms with Crippen molar-refractivity contribution in [3.63, 3.8) is 0 Å². The van der Waals surface area contributed by atoms with E-state index < -0.39 is 0 Å². The quantitative estimate of drug-likeness (QED) is 0.647. The maximum atomic E-state index is 11.7. The van der Waals surface area contributed by atoms with Crippen LogP contribution in [0.15, 0.2) is 0 Å². The van der Waals surface area contributed by atoms with Gasteiger partial charge in [-0.05, 0) is 31.6 Å².